The van der Waals surface area contributed by atoms with E-state index >= 15 is 0 Å². The Morgan fingerprint density at radius 1 is 1.30 bits per heavy atom. The highest BCUT2D eigenvalue weighted by atomic mass is 127. The Balaban J connectivity index is 0.00000320. The van der Waals surface area contributed by atoms with Crippen LogP contribution in [-0.2, 0) is 14.8 Å². The number of hydrogen-bond acceptors (Lipinski definition) is 4. The predicted molar refractivity (Wildman–Crippen MR) is 132 cm³/mol. The molecule has 0 bridgehead atoms. The van der Waals surface area contributed by atoms with Crippen molar-refractivity contribution in [2.24, 2.45) is 4.99 Å². The number of hydrogen-bond donors (Lipinski definition) is 1. The van der Waals surface area contributed by atoms with Gasteiger partial charge in [0.15, 0.2) is 5.96 Å². The van der Waals surface area contributed by atoms with Crippen molar-refractivity contribution in [3.05, 3.63) is 34.9 Å². The largest absolute Gasteiger partial charge is 0.370 e. The maximum Gasteiger partial charge on any atom is 0.211 e. The highest BCUT2D eigenvalue weighted by molar-refractivity contribution is 14.0. The van der Waals surface area contributed by atoms with Gasteiger partial charge in [-0.25, -0.2) is 8.42 Å². The fourth-order valence-electron chi connectivity index (χ4n) is 4.26. The van der Waals surface area contributed by atoms with Crippen molar-refractivity contribution in [3.8, 4) is 0 Å². The molecule has 0 saturated carbocycles. The number of ether oxygens (including phenoxy) is 1. The Labute approximate surface area is 198 Å². The van der Waals surface area contributed by atoms with Gasteiger partial charge < -0.3 is 15.0 Å². The molecular formula is C21H35IN4O3S. The summed E-state index contributed by atoms with van der Waals surface area (Å²) in [5, 5.41) is 3.38. The third-order valence-corrected chi connectivity index (χ3v) is 7.01. The average molecular weight is 551 g/mol. The molecule has 2 heterocycles. The van der Waals surface area contributed by atoms with E-state index in [0.717, 1.165) is 38.4 Å². The second-order valence-electron chi connectivity index (χ2n) is 8.03. The standard InChI is InChI=1S/C21H34N4O3S.HI/c1-5-22-21(23-14-18-7-6-10-25(18)29(4,26)27)24-11-12-28-20(15-24)19-9-8-16(2)13-17(19)3;/h8-9,13,18,20H,5-7,10-12,14-15H2,1-4H3,(H,22,23);1H/t18-,20?;/m1./s1. The fourth-order valence-corrected chi connectivity index (χ4v) is 5.44. The summed E-state index contributed by atoms with van der Waals surface area (Å²) < 4.78 is 31.7. The SMILES string of the molecule is CCNC(=NC[C@H]1CCCN1S(C)(=O)=O)N1CCOC(c2ccc(C)cc2C)C1.I. The molecule has 2 aliphatic rings. The molecule has 7 nitrogen and oxygen atoms in total. The first-order valence-electron chi connectivity index (χ1n) is 10.5. The molecule has 170 valence electrons. The van der Waals surface area contributed by atoms with E-state index in [1.54, 1.807) is 4.31 Å². The van der Waals surface area contributed by atoms with Crippen molar-refractivity contribution < 1.29 is 13.2 Å². The second-order valence-corrected chi connectivity index (χ2v) is 9.96. The summed E-state index contributed by atoms with van der Waals surface area (Å²) in [4.78, 5) is 7.05. The molecule has 1 N–H and O–H groups in total. The van der Waals surface area contributed by atoms with Gasteiger partial charge in [-0.2, -0.15) is 4.31 Å². The molecule has 2 atom stereocenters. The van der Waals surface area contributed by atoms with Crippen LogP contribution in [0, 0.1) is 13.8 Å². The number of nitrogens with zero attached hydrogens (tertiary/aromatic N) is 3. The zero-order valence-corrected chi connectivity index (χ0v) is 21.6. The van der Waals surface area contributed by atoms with Crippen LogP contribution >= 0.6 is 24.0 Å². The summed E-state index contributed by atoms with van der Waals surface area (Å²) in [5.74, 6) is 0.839. The van der Waals surface area contributed by atoms with Crippen molar-refractivity contribution >= 4 is 40.0 Å². The molecule has 9 heteroatoms. The molecule has 30 heavy (non-hydrogen) atoms. The van der Waals surface area contributed by atoms with Gasteiger partial charge in [0.2, 0.25) is 10.0 Å². The van der Waals surface area contributed by atoms with Crippen molar-refractivity contribution in [1.82, 2.24) is 14.5 Å². The summed E-state index contributed by atoms with van der Waals surface area (Å²) in [5.41, 5.74) is 3.71. The Bertz CT molecular complexity index is 847. The minimum absolute atomic E-state index is 0. The van der Waals surface area contributed by atoms with E-state index < -0.39 is 10.0 Å². The quantitative estimate of drug-likeness (QED) is 0.347. The summed E-state index contributed by atoms with van der Waals surface area (Å²) in [6.45, 7) is 10.3. The molecule has 0 aromatic heterocycles. The van der Waals surface area contributed by atoms with Gasteiger partial charge >= 0.3 is 0 Å². The van der Waals surface area contributed by atoms with Crippen LogP contribution in [0.2, 0.25) is 0 Å². The first kappa shape index (κ1) is 25.4. The fraction of sp³-hybridized carbons (Fsp3) is 0.667. The molecule has 0 spiro atoms. The lowest BCUT2D eigenvalue weighted by atomic mass is 10.00. The number of aryl methyl sites for hydroxylation is 2. The molecule has 0 amide bonds. The molecule has 0 radical (unpaired) electrons. The number of nitrogens with one attached hydrogen (secondary N) is 1. The summed E-state index contributed by atoms with van der Waals surface area (Å²) in [6, 6.07) is 6.43. The van der Waals surface area contributed by atoms with E-state index in [1.165, 1.54) is 22.9 Å². The van der Waals surface area contributed by atoms with Crippen LogP contribution in [0.5, 0.6) is 0 Å². The lowest BCUT2D eigenvalue weighted by Crippen LogP contribution is -2.48. The Morgan fingerprint density at radius 3 is 2.73 bits per heavy atom. The Morgan fingerprint density at radius 2 is 2.07 bits per heavy atom. The third-order valence-electron chi connectivity index (χ3n) is 5.67. The maximum absolute atomic E-state index is 12.0. The van der Waals surface area contributed by atoms with E-state index in [0.29, 0.717) is 19.7 Å². The molecule has 2 fully saturated rings. The van der Waals surface area contributed by atoms with Gasteiger partial charge in [-0.05, 0) is 44.7 Å². The van der Waals surface area contributed by atoms with Crippen LogP contribution in [0.4, 0.5) is 0 Å². The van der Waals surface area contributed by atoms with Crippen LogP contribution in [0.25, 0.3) is 0 Å². The van der Waals surface area contributed by atoms with Crippen molar-refractivity contribution in [2.75, 3.05) is 45.6 Å². The van der Waals surface area contributed by atoms with E-state index in [1.807, 2.05) is 0 Å². The monoisotopic (exact) mass is 550 g/mol. The summed E-state index contributed by atoms with van der Waals surface area (Å²) in [7, 11) is -3.18. The van der Waals surface area contributed by atoms with E-state index in [9.17, 15) is 8.42 Å². The summed E-state index contributed by atoms with van der Waals surface area (Å²) in [6.07, 6.45) is 3.06. The molecule has 1 aromatic rings. The first-order chi connectivity index (χ1) is 13.8. The number of benzene rings is 1. The predicted octanol–water partition coefficient (Wildman–Crippen LogP) is 2.68. The lowest BCUT2D eigenvalue weighted by Gasteiger charge is -2.36. The number of rotatable bonds is 5. The van der Waals surface area contributed by atoms with E-state index in [-0.39, 0.29) is 36.1 Å². The van der Waals surface area contributed by atoms with Crippen molar-refractivity contribution in [1.29, 1.82) is 0 Å². The maximum atomic E-state index is 12.0. The number of halogens is 1. The highest BCUT2D eigenvalue weighted by Crippen LogP contribution is 2.26. The lowest BCUT2D eigenvalue weighted by molar-refractivity contribution is -0.00835. The second kappa shape index (κ2) is 11.1. The van der Waals surface area contributed by atoms with E-state index in [2.05, 4.69) is 49.2 Å². The molecule has 2 aliphatic heterocycles. The zero-order valence-electron chi connectivity index (χ0n) is 18.4. The smallest absolute Gasteiger partial charge is 0.211 e. The highest BCUT2D eigenvalue weighted by Gasteiger charge is 2.32. The molecule has 2 saturated heterocycles. The van der Waals surface area contributed by atoms with Crippen LogP contribution in [0.15, 0.2) is 23.2 Å². The number of sulfonamides is 1. The van der Waals surface area contributed by atoms with Gasteiger partial charge in [-0.1, -0.05) is 23.8 Å². The van der Waals surface area contributed by atoms with Gasteiger partial charge in [-0.3, -0.25) is 4.99 Å². The molecule has 1 aromatic carbocycles. The van der Waals surface area contributed by atoms with E-state index in [4.69, 9.17) is 9.73 Å². The Hall–Kier alpha value is -0.910. The number of morpholine rings is 1. The zero-order chi connectivity index (χ0) is 21.0. The molecule has 1 unspecified atom stereocenters. The van der Waals surface area contributed by atoms with Gasteiger partial charge in [0.25, 0.3) is 0 Å². The molecule has 0 aliphatic carbocycles. The van der Waals surface area contributed by atoms with Crippen LogP contribution in [-0.4, -0.2) is 75.2 Å². The molecule has 3 rings (SSSR count). The minimum Gasteiger partial charge on any atom is -0.370 e. The van der Waals surface area contributed by atoms with Gasteiger partial charge in [0, 0.05) is 25.7 Å². The average Bonchev–Trinajstić information content (AvgIpc) is 3.14. The molecular weight excluding hydrogens is 515 g/mol. The van der Waals surface area contributed by atoms with Crippen molar-refractivity contribution in [3.63, 3.8) is 0 Å². The van der Waals surface area contributed by atoms with Gasteiger partial charge in [0.1, 0.15) is 6.10 Å². The van der Waals surface area contributed by atoms with Crippen molar-refractivity contribution in [2.45, 2.75) is 45.8 Å². The summed E-state index contributed by atoms with van der Waals surface area (Å²) >= 11 is 0. The van der Waals surface area contributed by atoms with Crippen LogP contribution in [0.1, 0.15) is 42.6 Å². The topological polar surface area (TPSA) is 74.2 Å². The number of guanidine groups is 1. The van der Waals surface area contributed by atoms with Gasteiger partial charge in [0.05, 0.1) is 26.0 Å². The van der Waals surface area contributed by atoms with Gasteiger partial charge in [-0.15, -0.1) is 24.0 Å². The third kappa shape index (κ3) is 6.30. The first-order valence-corrected chi connectivity index (χ1v) is 12.3. The Kier molecular flexibility index (Phi) is 9.38. The minimum atomic E-state index is -3.18. The van der Waals surface area contributed by atoms with Crippen LogP contribution < -0.4 is 5.32 Å². The number of aliphatic imine (C=N–C) groups is 1. The van der Waals surface area contributed by atoms with Crippen LogP contribution in [0.3, 0.4) is 0 Å². The normalized spacial score (nSPS) is 23.3.